The van der Waals surface area contributed by atoms with Crippen molar-refractivity contribution in [2.45, 2.75) is 26.1 Å². The standard InChI is InChI=1S/C22H20F3N5O3/c1-12(15-7-16(22(23,24)25)9-17(26)8-15)28-21(33)14-3-4-20(32)30(11-14)18-5-6-27-19(10-18)29-13(2)31/h3-12H,26H2,1-2H3,(H,28,33)(H,27,29,31). The third-order valence-corrected chi connectivity index (χ3v) is 4.65. The third kappa shape index (κ3) is 5.76. The number of aromatic nitrogens is 2. The molecule has 0 spiro atoms. The Balaban J connectivity index is 1.87. The van der Waals surface area contributed by atoms with E-state index < -0.39 is 29.2 Å². The lowest BCUT2D eigenvalue weighted by atomic mass is 10.0. The summed E-state index contributed by atoms with van der Waals surface area (Å²) in [4.78, 5) is 40.3. The maximum Gasteiger partial charge on any atom is 0.416 e. The number of benzene rings is 1. The molecule has 2 heterocycles. The van der Waals surface area contributed by atoms with Gasteiger partial charge in [0.05, 0.1) is 22.9 Å². The second-order valence-electron chi connectivity index (χ2n) is 7.29. The number of hydrogen-bond donors (Lipinski definition) is 3. The molecule has 3 aromatic rings. The number of nitrogen functional groups attached to an aromatic ring is 1. The smallest absolute Gasteiger partial charge is 0.399 e. The lowest BCUT2D eigenvalue weighted by molar-refractivity contribution is -0.137. The van der Waals surface area contributed by atoms with Gasteiger partial charge in [0.2, 0.25) is 5.91 Å². The molecule has 1 atom stereocenters. The van der Waals surface area contributed by atoms with Crippen LogP contribution in [0.1, 0.15) is 41.4 Å². The van der Waals surface area contributed by atoms with Crippen molar-refractivity contribution in [3.8, 4) is 5.69 Å². The molecule has 0 radical (unpaired) electrons. The van der Waals surface area contributed by atoms with Gasteiger partial charge in [0, 0.05) is 37.1 Å². The number of anilines is 2. The summed E-state index contributed by atoms with van der Waals surface area (Å²) < 4.78 is 40.4. The van der Waals surface area contributed by atoms with Crippen molar-refractivity contribution < 1.29 is 22.8 Å². The van der Waals surface area contributed by atoms with Crippen LogP contribution in [0.25, 0.3) is 5.69 Å². The zero-order valence-corrected chi connectivity index (χ0v) is 17.6. The topological polar surface area (TPSA) is 119 Å². The highest BCUT2D eigenvalue weighted by Gasteiger charge is 2.31. The SMILES string of the molecule is CC(=O)Nc1cc(-n2cc(C(=O)NC(C)c3cc(N)cc(C(F)(F)F)c3)ccc2=O)ccn1. The van der Waals surface area contributed by atoms with Crippen LogP contribution < -0.4 is 21.9 Å². The molecule has 0 aliphatic heterocycles. The van der Waals surface area contributed by atoms with E-state index in [4.69, 9.17) is 5.73 Å². The fraction of sp³-hybridized carbons (Fsp3) is 0.182. The van der Waals surface area contributed by atoms with E-state index in [1.165, 1.54) is 61.1 Å². The maximum atomic E-state index is 13.1. The Bertz CT molecular complexity index is 1270. The number of hydrogen-bond acceptors (Lipinski definition) is 5. The Morgan fingerprint density at radius 3 is 2.52 bits per heavy atom. The van der Waals surface area contributed by atoms with Gasteiger partial charge in [0.1, 0.15) is 5.82 Å². The number of alkyl halides is 3. The number of pyridine rings is 2. The van der Waals surface area contributed by atoms with Gasteiger partial charge in [-0.3, -0.25) is 19.0 Å². The first-order chi connectivity index (χ1) is 15.4. The summed E-state index contributed by atoms with van der Waals surface area (Å²) in [5, 5.41) is 5.11. The van der Waals surface area contributed by atoms with E-state index in [9.17, 15) is 27.6 Å². The van der Waals surface area contributed by atoms with E-state index in [0.29, 0.717) is 5.69 Å². The van der Waals surface area contributed by atoms with Gasteiger partial charge in [-0.05, 0) is 42.8 Å². The van der Waals surface area contributed by atoms with Crippen LogP contribution in [0.3, 0.4) is 0 Å². The Labute approximate surface area is 186 Å². The minimum atomic E-state index is -4.58. The molecule has 33 heavy (non-hydrogen) atoms. The van der Waals surface area contributed by atoms with Gasteiger partial charge in [-0.15, -0.1) is 0 Å². The Morgan fingerprint density at radius 2 is 1.85 bits per heavy atom. The number of amides is 2. The highest BCUT2D eigenvalue weighted by atomic mass is 19.4. The molecule has 8 nitrogen and oxygen atoms in total. The minimum absolute atomic E-state index is 0.0814. The van der Waals surface area contributed by atoms with E-state index in [1.807, 2.05) is 0 Å². The fourth-order valence-electron chi connectivity index (χ4n) is 3.09. The van der Waals surface area contributed by atoms with Crippen LogP contribution in [-0.2, 0) is 11.0 Å². The van der Waals surface area contributed by atoms with Gasteiger partial charge in [-0.1, -0.05) is 0 Å². The average Bonchev–Trinajstić information content (AvgIpc) is 2.72. The number of nitrogens with two attached hydrogens (primary N) is 1. The normalized spacial score (nSPS) is 12.2. The van der Waals surface area contributed by atoms with Gasteiger partial charge in [0.25, 0.3) is 11.5 Å². The number of halogens is 3. The summed E-state index contributed by atoms with van der Waals surface area (Å²) >= 11 is 0. The summed E-state index contributed by atoms with van der Waals surface area (Å²) in [6.07, 6.45) is -1.90. The molecule has 0 aliphatic rings. The molecule has 2 aromatic heterocycles. The van der Waals surface area contributed by atoms with Crippen LogP contribution in [0.15, 0.2) is 59.7 Å². The van der Waals surface area contributed by atoms with E-state index >= 15 is 0 Å². The number of rotatable bonds is 5. The van der Waals surface area contributed by atoms with Crippen molar-refractivity contribution in [1.29, 1.82) is 0 Å². The molecular formula is C22H20F3N5O3. The van der Waals surface area contributed by atoms with E-state index in [2.05, 4.69) is 15.6 Å². The molecule has 2 amide bonds. The second kappa shape index (κ2) is 9.15. The Hall–Kier alpha value is -4.15. The average molecular weight is 459 g/mol. The van der Waals surface area contributed by atoms with E-state index in [0.717, 1.165) is 12.1 Å². The van der Waals surface area contributed by atoms with Crippen LogP contribution in [-0.4, -0.2) is 21.4 Å². The molecule has 3 rings (SSSR count). The van der Waals surface area contributed by atoms with Crippen molar-refractivity contribution in [1.82, 2.24) is 14.9 Å². The largest absolute Gasteiger partial charge is 0.416 e. The second-order valence-corrected chi connectivity index (χ2v) is 7.29. The summed E-state index contributed by atoms with van der Waals surface area (Å²) in [7, 11) is 0. The first-order valence-electron chi connectivity index (χ1n) is 9.69. The third-order valence-electron chi connectivity index (χ3n) is 4.65. The van der Waals surface area contributed by atoms with E-state index in [1.54, 1.807) is 0 Å². The predicted molar refractivity (Wildman–Crippen MR) is 116 cm³/mol. The van der Waals surface area contributed by atoms with E-state index in [-0.39, 0.29) is 28.5 Å². The molecule has 11 heteroatoms. The number of carbonyl (C=O) groups excluding carboxylic acids is 2. The molecule has 4 N–H and O–H groups in total. The number of nitrogens with zero attached hydrogens (tertiary/aromatic N) is 2. The fourth-order valence-corrected chi connectivity index (χ4v) is 3.09. The van der Waals surface area contributed by atoms with Crippen molar-refractivity contribution in [3.05, 3.63) is 81.9 Å². The van der Waals surface area contributed by atoms with Crippen LogP contribution >= 0.6 is 0 Å². The molecule has 1 unspecified atom stereocenters. The molecule has 0 saturated heterocycles. The van der Waals surface area contributed by atoms with Gasteiger partial charge in [-0.25, -0.2) is 4.98 Å². The summed E-state index contributed by atoms with van der Waals surface area (Å²) in [5.74, 6) is -0.731. The Kier molecular flexibility index (Phi) is 6.52. The van der Waals surface area contributed by atoms with Crippen LogP contribution in [0.5, 0.6) is 0 Å². The summed E-state index contributed by atoms with van der Waals surface area (Å²) in [6.45, 7) is 2.83. The molecule has 1 aromatic carbocycles. The van der Waals surface area contributed by atoms with Crippen LogP contribution in [0, 0.1) is 0 Å². The Morgan fingerprint density at radius 1 is 1.12 bits per heavy atom. The molecular weight excluding hydrogens is 439 g/mol. The zero-order chi connectivity index (χ0) is 24.3. The highest BCUT2D eigenvalue weighted by Crippen LogP contribution is 2.32. The van der Waals surface area contributed by atoms with Crippen molar-refractivity contribution in [3.63, 3.8) is 0 Å². The van der Waals surface area contributed by atoms with Gasteiger partial charge in [0.15, 0.2) is 0 Å². The van der Waals surface area contributed by atoms with Gasteiger partial charge >= 0.3 is 6.18 Å². The predicted octanol–water partition coefficient (Wildman–Crippen LogP) is 3.28. The maximum absolute atomic E-state index is 13.1. The zero-order valence-electron chi connectivity index (χ0n) is 17.6. The van der Waals surface area contributed by atoms with Crippen molar-refractivity contribution in [2.24, 2.45) is 0 Å². The number of carbonyl (C=O) groups is 2. The number of nitrogens with one attached hydrogen (secondary N) is 2. The molecule has 172 valence electrons. The molecule has 0 fully saturated rings. The van der Waals surface area contributed by atoms with Gasteiger partial charge in [-0.2, -0.15) is 13.2 Å². The minimum Gasteiger partial charge on any atom is -0.399 e. The first kappa shape index (κ1) is 23.5. The molecule has 0 aliphatic carbocycles. The monoisotopic (exact) mass is 459 g/mol. The van der Waals surface area contributed by atoms with Crippen molar-refractivity contribution in [2.75, 3.05) is 11.1 Å². The first-order valence-corrected chi connectivity index (χ1v) is 9.69. The quantitative estimate of drug-likeness (QED) is 0.506. The van der Waals surface area contributed by atoms with Crippen molar-refractivity contribution >= 4 is 23.3 Å². The van der Waals surface area contributed by atoms with Crippen LogP contribution in [0.4, 0.5) is 24.7 Å². The molecule has 0 bridgehead atoms. The van der Waals surface area contributed by atoms with Gasteiger partial charge < -0.3 is 16.4 Å². The lowest BCUT2D eigenvalue weighted by Crippen LogP contribution is -2.28. The van der Waals surface area contributed by atoms with Crippen LogP contribution in [0.2, 0.25) is 0 Å². The summed E-state index contributed by atoms with van der Waals surface area (Å²) in [5.41, 5.74) is 4.79. The highest BCUT2D eigenvalue weighted by molar-refractivity contribution is 5.94. The lowest BCUT2D eigenvalue weighted by Gasteiger charge is -2.17. The molecule has 0 saturated carbocycles. The summed E-state index contributed by atoms with van der Waals surface area (Å²) in [6, 6.07) is 7.75.